The fourth-order valence-corrected chi connectivity index (χ4v) is 3.10. The number of benzene rings is 2. The van der Waals surface area contributed by atoms with Crippen LogP contribution in [-0.2, 0) is 11.3 Å². The molecular formula is C20H22BrN3O2. The van der Waals surface area contributed by atoms with Crippen LogP contribution in [0.1, 0.15) is 28.8 Å². The highest BCUT2D eigenvalue weighted by molar-refractivity contribution is 9.10. The first-order chi connectivity index (χ1) is 12.5. The lowest BCUT2D eigenvalue weighted by atomic mass is 10.1. The first-order valence-corrected chi connectivity index (χ1v) is 9.44. The molecule has 1 aliphatic rings. The molecule has 1 aliphatic carbocycles. The summed E-state index contributed by atoms with van der Waals surface area (Å²) in [6, 6.07) is 15.3. The average Bonchev–Trinajstić information content (AvgIpc) is 3.41. The predicted molar refractivity (Wildman–Crippen MR) is 106 cm³/mol. The molecule has 0 spiro atoms. The molecular weight excluding hydrogens is 394 g/mol. The standard InChI is InChI=1S/C20H22BrN3O2/c1-24(12-14-6-2-4-8-17(14)21)13-19(25)23-18-9-5-3-7-16(18)20(26)22-15-10-11-15/h2-9,15H,10-13H2,1H3,(H,22,26)(H,23,25). The summed E-state index contributed by atoms with van der Waals surface area (Å²) in [4.78, 5) is 26.7. The quantitative estimate of drug-likeness (QED) is 0.728. The third kappa shape index (κ3) is 5.16. The summed E-state index contributed by atoms with van der Waals surface area (Å²) in [6.45, 7) is 0.887. The second-order valence-corrected chi connectivity index (χ2v) is 7.46. The van der Waals surface area contributed by atoms with E-state index in [0.717, 1.165) is 22.9 Å². The zero-order chi connectivity index (χ0) is 18.5. The molecule has 1 fully saturated rings. The Balaban J connectivity index is 1.59. The second-order valence-electron chi connectivity index (χ2n) is 6.61. The van der Waals surface area contributed by atoms with Crippen molar-refractivity contribution in [1.82, 2.24) is 10.2 Å². The number of carbonyl (C=O) groups excluding carboxylic acids is 2. The number of nitrogens with zero attached hydrogens (tertiary/aromatic N) is 1. The average molecular weight is 416 g/mol. The first kappa shape index (κ1) is 18.6. The zero-order valence-electron chi connectivity index (χ0n) is 14.7. The molecule has 1 saturated carbocycles. The van der Waals surface area contributed by atoms with Crippen molar-refractivity contribution in [3.05, 3.63) is 64.1 Å². The summed E-state index contributed by atoms with van der Waals surface area (Å²) < 4.78 is 1.02. The molecule has 2 aromatic carbocycles. The molecule has 0 radical (unpaired) electrons. The molecule has 2 N–H and O–H groups in total. The van der Waals surface area contributed by atoms with Gasteiger partial charge in [0.2, 0.25) is 5.91 Å². The topological polar surface area (TPSA) is 61.4 Å². The maximum atomic E-state index is 12.4. The molecule has 6 heteroatoms. The van der Waals surface area contributed by atoms with Crippen LogP contribution in [0.3, 0.4) is 0 Å². The highest BCUT2D eigenvalue weighted by atomic mass is 79.9. The van der Waals surface area contributed by atoms with Gasteiger partial charge in [-0.15, -0.1) is 0 Å². The van der Waals surface area contributed by atoms with Gasteiger partial charge < -0.3 is 10.6 Å². The van der Waals surface area contributed by atoms with E-state index in [1.807, 2.05) is 42.3 Å². The van der Waals surface area contributed by atoms with Crippen LogP contribution in [0, 0.1) is 0 Å². The molecule has 0 aromatic heterocycles. The van der Waals surface area contributed by atoms with Gasteiger partial charge in [-0.2, -0.15) is 0 Å². The lowest BCUT2D eigenvalue weighted by molar-refractivity contribution is -0.117. The lowest BCUT2D eigenvalue weighted by Crippen LogP contribution is -2.31. The van der Waals surface area contributed by atoms with Gasteiger partial charge >= 0.3 is 0 Å². The molecule has 3 rings (SSSR count). The van der Waals surface area contributed by atoms with Crippen LogP contribution < -0.4 is 10.6 Å². The Labute approximate surface area is 161 Å². The second kappa shape index (κ2) is 8.47. The molecule has 0 atom stereocenters. The van der Waals surface area contributed by atoms with Crippen molar-refractivity contribution < 1.29 is 9.59 Å². The van der Waals surface area contributed by atoms with E-state index in [4.69, 9.17) is 0 Å². The molecule has 0 saturated heterocycles. The van der Waals surface area contributed by atoms with Gasteiger partial charge in [-0.05, 0) is 43.7 Å². The minimum absolute atomic E-state index is 0.134. The Morgan fingerprint density at radius 2 is 1.81 bits per heavy atom. The third-order valence-corrected chi connectivity index (χ3v) is 4.94. The van der Waals surface area contributed by atoms with Crippen LogP contribution in [0.2, 0.25) is 0 Å². The van der Waals surface area contributed by atoms with Crippen molar-refractivity contribution in [2.45, 2.75) is 25.4 Å². The van der Waals surface area contributed by atoms with Gasteiger partial charge in [0.05, 0.1) is 17.8 Å². The Kier molecular flexibility index (Phi) is 6.06. The van der Waals surface area contributed by atoms with E-state index in [1.54, 1.807) is 18.2 Å². The van der Waals surface area contributed by atoms with Crippen LogP contribution >= 0.6 is 15.9 Å². The van der Waals surface area contributed by atoms with Gasteiger partial charge in [0.15, 0.2) is 0 Å². The van der Waals surface area contributed by atoms with Gasteiger partial charge in [0.1, 0.15) is 0 Å². The van der Waals surface area contributed by atoms with Gasteiger partial charge in [-0.25, -0.2) is 0 Å². The summed E-state index contributed by atoms with van der Waals surface area (Å²) in [5.74, 6) is -0.281. The number of anilines is 1. The van der Waals surface area contributed by atoms with Gasteiger partial charge in [0, 0.05) is 17.1 Å². The number of rotatable bonds is 7. The van der Waals surface area contributed by atoms with E-state index < -0.39 is 0 Å². The van der Waals surface area contributed by atoms with Gasteiger partial charge in [-0.3, -0.25) is 14.5 Å². The van der Waals surface area contributed by atoms with Crippen LogP contribution in [0.25, 0.3) is 0 Å². The summed E-state index contributed by atoms with van der Waals surface area (Å²) >= 11 is 3.52. The van der Waals surface area contributed by atoms with E-state index in [-0.39, 0.29) is 24.4 Å². The summed E-state index contributed by atoms with van der Waals surface area (Å²) in [5, 5.41) is 5.82. The molecule has 26 heavy (non-hydrogen) atoms. The predicted octanol–water partition coefficient (Wildman–Crippen LogP) is 3.41. The van der Waals surface area contributed by atoms with Crippen molar-refractivity contribution in [2.75, 3.05) is 18.9 Å². The van der Waals surface area contributed by atoms with Crippen molar-refractivity contribution in [1.29, 1.82) is 0 Å². The number of likely N-dealkylation sites (N-methyl/N-ethyl adjacent to an activating group) is 1. The largest absolute Gasteiger partial charge is 0.349 e. The van der Waals surface area contributed by atoms with Gasteiger partial charge in [0.25, 0.3) is 5.91 Å². The Bertz CT molecular complexity index is 805. The third-order valence-electron chi connectivity index (χ3n) is 4.17. The van der Waals surface area contributed by atoms with E-state index in [9.17, 15) is 9.59 Å². The molecule has 2 aromatic rings. The number of halogens is 1. The SMILES string of the molecule is CN(CC(=O)Nc1ccccc1C(=O)NC1CC1)Cc1ccccc1Br. The number of para-hydroxylation sites is 1. The molecule has 0 bridgehead atoms. The highest BCUT2D eigenvalue weighted by Gasteiger charge is 2.25. The monoisotopic (exact) mass is 415 g/mol. The van der Waals surface area contributed by atoms with Crippen molar-refractivity contribution in [3.63, 3.8) is 0 Å². The fourth-order valence-electron chi connectivity index (χ4n) is 2.69. The van der Waals surface area contributed by atoms with Crippen molar-refractivity contribution in [2.24, 2.45) is 0 Å². The van der Waals surface area contributed by atoms with Crippen LogP contribution in [0.4, 0.5) is 5.69 Å². The minimum atomic E-state index is -0.147. The fraction of sp³-hybridized carbons (Fsp3) is 0.300. The van der Waals surface area contributed by atoms with Crippen molar-refractivity contribution in [3.8, 4) is 0 Å². The zero-order valence-corrected chi connectivity index (χ0v) is 16.3. The van der Waals surface area contributed by atoms with E-state index in [0.29, 0.717) is 17.8 Å². The number of hydrogen-bond donors (Lipinski definition) is 2. The highest BCUT2D eigenvalue weighted by Crippen LogP contribution is 2.22. The summed E-state index contributed by atoms with van der Waals surface area (Å²) in [5.41, 5.74) is 2.16. The lowest BCUT2D eigenvalue weighted by Gasteiger charge is -2.18. The first-order valence-electron chi connectivity index (χ1n) is 8.64. The van der Waals surface area contributed by atoms with Gasteiger partial charge in [-0.1, -0.05) is 46.3 Å². The minimum Gasteiger partial charge on any atom is -0.349 e. The molecule has 136 valence electrons. The summed E-state index contributed by atoms with van der Waals surface area (Å²) in [7, 11) is 1.89. The smallest absolute Gasteiger partial charge is 0.253 e. The molecule has 0 aliphatic heterocycles. The number of nitrogens with one attached hydrogen (secondary N) is 2. The number of hydrogen-bond acceptors (Lipinski definition) is 3. The molecule has 0 heterocycles. The van der Waals surface area contributed by atoms with Crippen molar-refractivity contribution >= 4 is 33.4 Å². The maximum absolute atomic E-state index is 12.4. The normalized spacial score (nSPS) is 13.5. The number of amides is 2. The summed E-state index contributed by atoms with van der Waals surface area (Å²) in [6.07, 6.45) is 2.06. The molecule has 2 amide bonds. The molecule has 5 nitrogen and oxygen atoms in total. The Hall–Kier alpha value is -2.18. The maximum Gasteiger partial charge on any atom is 0.253 e. The van der Waals surface area contributed by atoms with Crippen LogP contribution in [0.15, 0.2) is 53.0 Å². The van der Waals surface area contributed by atoms with E-state index in [2.05, 4.69) is 26.6 Å². The van der Waals surface area contributed by atoms with E-state index in [1.165, 1.54) is 0 Å². The van der Waals surface area contributed by atoms with Crippen LogP contribution in [0.5, 0.6) is 0 Å². The Morgan fingerprint density at radius 1 is 1.12 bits per heavy atom. The molecule has 0 unspecified atom stereocenters. The Morgan fingerprint density at radius 3 is 2.54 bits per heavy atom. The number of carbonyl (C=O) groups is 2. The van der Waals surface area contributed by atoms with E-state index >= 15 is 0 Å². The van der Waals surface area contributed by atoms with Crippen LogP contribution in [-0.4, -0.2) is 36.3 Å².